The summed E-state index contributed by atoms with van der Waals surface area (Å²) in [6, 6.07) is 0. The molecule has 6 heteroatoms. The Hall–Kier alpha value is 0.600. The zero-order valence-corrected chi connectivity index (χ0v) is 11.0. The van der Waals surface area contributed by atoms with Gasteiger partial charge in [-0.25, -0.2) is 13.6 Å². The van der Waals surface area contributed by atoms with E-state index in [1.807, 2.05) is 0 Å². The van der Waals surface area contributed by atoms with Crippen LogP contribution in [0.15, 0.2) is 0 Å². The number of rotatable bonds is 1. The summed E-state index contributed by atoms with van der Waals surface area (Å²) in [6.07, 6.45) is 0. The quantitative estimate of drug-likeness (QED) is 0.435. The summed E-state index contributed by atoms with van der Waals surface area (Å²) in [4.78, 5) is 2.13. The van der Waals surface area contributed by atoms with Crippen LogP contribution in [0.25, 0.3) is 0 Å². The molecule has 0 aliphatic carbocycles. The van der Waals surface area contributed by atoms with Gasteiger partial charge in [-0.05, 0) is 20.8 Å². The van der Waals surface area contributed by atoms with Crippen molar-refractivity contribution in [3.63, 3.8) is 0 Å². The van der Waals surface area contributed by atoms with Gasteiger partial charge < -0.3 is 0 Å². The molecule has 0 amide bonds. The van der Waals surface area contributed by atoms with E-state index in [2.05, 4.69) is 48.3 Å². The Morgan fingerprint density at radius 1 is 1.46 bits per heavy atom. The first-order chi connectivity index (χ1) is 5.64. The molecule has 1 heterocycles. The van der Waals surface area contributed by atoms with Crippen LogP contribution in [0.4, 0.5) is 0 Å². The maximum Gasteiger partial charge on any atom is 0.215 e. The van der Waals surface area contributed by atoms with E-state index < -0.39 is 15.3 Å². The lowest BCUT2D eigenvalue weighted by Gasteiger charge is -2.50. The fraction of sp³-hybridized carbons (Fsp3) is 1.00. The molecule has 1 aliphatic rings. The Balaban J connectivity index is 2.69. The van der Waals surface area contributed by atoms with Crippen LogP contribution in [0.5, 0.6) is 0 Å². The Morgan fingerprint density at radius 2 is 1.92 bits per heavy atom. The molecule has 0 aromatic heterocycles. The summed E-state index contributed by atoms with van der Waals surface area (Å²) in [7, 11) is -3.36. The van der Waals surface area contributed by atoms with Gasteiger partial charge in [0.25, 0.3) is 0 Å². The summed E-state index contributed by atoms with van der Waals surface area (Å²) in [5.41, 5.74) is 0.0209. The first kappa shape index (κ1) is 11.7. The topological polar surface area (TPSA) is 63.4 Å². The van der Waals surface area contributed by atoms with E-state index in [-0.39, 0.29) is 9.59 Å². The first-order valence-electron chi connectivity index (χ1n) is 4.06. The van der Waals surface area contributed by atoms with Crippen molar-refractivity contribution in [2.75, 3.05) is 6.54 Å². The Bertz CT molecular complexity index is 296. The number of primary sulfonamides is 1. The number of hydrogen-bond donors (Lipinski definition) is 1. The number of hydrogen-bond acceptors (Lipinski definition) is 3. The molecule has 1 rings (SSSR count). The monoisotopic (exact) mass is 318 g/mol. The predicted molar refractivity (Wildman–Crippen MR) is 61.2 cm³/mol. The third-order valence-corrected chi connectivity index (χ3v) is 5.54. The van der Waals surface area contributed by atoms with Gasteiger partial charge in [-0.3, -0.25) is 4.90 Å². The average Bonchev–Trinajstić information content (AvgIpc) is 1.77. The van der Waals surface area contributed by atoms with E-state index in [0.717, 1.165) is 0 Å². The molecule has 2 N–H and O–H groups in total. The van der Waals surface area contributed by atoms with E-state index >= 15 is 0 Å². The van der Waals surface area contributed by atoms with Crippen LogP contribution < -0.4 is 5.14 Å². The van der Waals surface area contributed by atoms with Crippen LogP contribution in [0, 0.1) is 0 Å². The van der Waals surface area contributed by atoms with Gasteiger partial charge in [-0.15, -0.1) is 0 Å². The lowest BCUT2D eigenvalue weighted by Crippen LogP contribution is -2.66. The van der Waals surface area contributed by atoms with E-state index in [9.17, 15) is 8.42 Å². The number of likely N-dealkylation sites (tertiary alicyclic amines) is 1. The van der Waals surface area contributed by atoms with Crippen molar-refractivity contribution in [3.8, 4) is 0 Å². The summed E-state index contributed by atoms with van der Waals surface area (Å²) in [6.45, 7) is 6.75. The number of sulfonamides is 1. The lowest BCUT2D eigenvalue weighted by atomic mass is 10.0. The Morgan fingerprint density at radius 3 is 2.15 bits per heavy atom. The first-order valence-corrected chi connectivity index (χ1v) is 6.92. The second-order valence-corrected chi connectivity index (χ2v) is 7.38. The van der Waals surface area contributed by atoms with E-state index in [0.29, 0.717) is 6.54 Å². The Kier molecular flexibility index (Phi) is 2.98. The highest BCUT2D eigenvalue weighted by atomic mass is 127. The number of alkyl halides is 1. The van der Waals surface area contributed by atoms with Crippen LogP contribution in [-0.4, -0.2) is 34.7 Å². The van der Waals surface area contributed by atoms with Crippen LogP contribution >= 0.6 is 22.6 Å². The third kappa shape index (κ3) is 2.34. The van der Waals surface area contributed by atoms with Crippen molar-refractivity contribution >= 4 is 32.6 Å². The van der Waals surface area contributed by atoms with Gasteiger partial charge in [0.1, 0.15) is 5.25 Å². The van der Waals surface area contributed by atoms with Gasteiger partial charge in [-0.1, -0.05) is 22.6 Å². The minimum absolute atomic E-state index is 0.00704. The smallest absolute Gasteiger partial charge is 0.215 e. The number of nitrogens with zero attached hydrogens (tertiary/aromatic N) is 1. The molecule has 2 unspecified atom stereocenters. The van der Waals surface area contributed by atoms with E-state index in [1.54, 1.807) is 0 Å². The van der Waals surface area contributed by atoms with Gasteiger partial charge in [0.2, 0.25) is 10.0 Å². The fourth-order valence-corrected chi connectivity index (χ4v) is 4.70. The fourth-order valence-electron chi connectivity index (χ4n) is 1.35. The van der Waals surface area contributed by atoms with Crippen molar-refractivity contribution in [2.24, 2.45) is 5.14 Å². The van der Waals surface area contributed by atoms with Gasteiger partial charge in [0.15, 0.2) is 0 Å². The maximum atomic E-state index is 11.0. The Labute approximate surface area is 93.0 Å². The average molecular weight is 318 g/mol. The van der Waals surface area contributed by atoms with Crippen molar-refractivity contribution in [1.82, 2.24) is 4.90 Å². The molecular formula is C7H15IN2O2S. The SMILES string of the molecule is CC(C)(C)N1CC(S(N)(=O)=O)C1I. The summed E-state index contributed by atoms with van der Waals surface area (Å²) >= 11 is 2.13. The highest BCUT2D eigenvalue weighted by molar-refractivity contribution is 14.1. The second-order valence-electron chi connectivity index (χ2n) is 4.32. The second kappa shape index (κ2) is 3.32. The number of nitrogens with two attached hydrogens (primary N) is 1. The van der Waals surface area contributed by atoms with Gasteiger partial charge in [0, 0.05) is 12.1 Å². The molecule has 13 heavy (non-hydrogen) atoms. The van der Waals surface area contributed by atoms with E-state index in [1.165, 1.54) is 0 Å². The predicted octanol–water partition coefficient (Wildman–Crippen LogP) is 0.519. The minimum Gasteiger partial charge on any atom is -0.284 e. The molecule has 0 aromatic rings. The molecule has 0 aromatic carbocycles. The van der Waals surface area contributed by atoms with Crippen LogP contribution in [0.1, 0.15) is 20.8 Å². The molecule has 1 saturated heterocycles. The molecule has 2 atom stereocenters. The van der Waals surface area contributed by atoms with Crippen molar-refractivity contribution in [1.29, 1.82) is 0 Å². The molecule has 0 spiro atoms. The molecular weight excluding hydrogens is 303 g/mol. The van der Waals surface area contributed by atoms with Crippen molar-refractivity contribution in [2.45, 2.75) is 35.6 Å². The molecule has 1 aliphatic heterocycles. The standard InChI is InChI=1S/C7H15IN2O2S/c1-7(2,3)10-4-5(6(10)8)13(9,11)12/h5-6H,4H2,1-3H3,(H2,9,11,12). The summed E-state index contributed by atoms with van der Waals surface area (Å²) in [5.74, 6) is 0. The van der Waals surface area contributed by atoms with Crippen molar-refractivity contribution < 1.29 is 8.42 Å². The summed E-state index contributed by atoms with van der Waals surface area (Å²) in [5, 5.41) is 4.68. The highest BCUT2D eigenvalue weighted by Gasteiger charge is 2.48. The molecule has 4 nitrogen and oxygen atoms in total. The zero-order valence-electron chi connectivity index (χ0n) is 7.99. The van der Waals surface area contributed by atoms with E-state index in [4.69, 9.17) is 5.14 Å². The van der Waals surface area contributed by atoms with Crippen LogP contribution in [0.2, 0.25) is 0 Å². The molecule has 1 fully saturated rings. The molecule has 0 saturated carbocycles. The van der Waals surface area contributed by atoms with Gasteiger partial charge in [0.05, 0.1) is 4.05 Å². The third-order valence-electron chi connectivity index (χ3n) is 2.26. The molecule has 0 bridgehead atoms. The van der Waals surface area contributed by atoms with Crippen molar-refractivity contribution in [3.05, 3.63) is 0 Å². The zero-order chi connectivity index (χ0) is 10.4. The van der Waals surface area contributed by atoms with Gasteiger partial charge >= 0.3 is 0 Å². The van der Waals surface area contributed by atoms with Crippen LogP contribution in [0.3, 0.4) is 0 Å². The normalized spacial score (nSPS) is 31.5. The number of halogens is 1. The summed E-state index contributed by atoms with van der Waals surface area (Å²) < 4.78 is 22.1. The molecule has 0 radical (unpaired) electrons. The highest BCUT2D eigenvalue weighted by Crippen LogP contribution is 2.34. The maximum absolute atomic E-state index is 11.0. The van der Waals surface area contributed by atoms with Crippen LogP contribution in [-0.2, 0) is 10.0 Å². The van der Waals surface area contributed by atoms with Gasteiger partial charge in [-0.2, -0.15) is 0 Å². The molecule has 78 valence electrons. The largest absolute Gasteiger partial charge is 0.284 e. The lowest BCUT2D eigenvalue weighted by molar-refractivity contribution is 0.0614. The minimum atomic E-state index is -3.36.